The van der Waals surface area contributed by atoms with Crippen LogP contribution in [0.15, 0.2) is 0 Å². The molecule has 6 nitrogen and oxygen atoms in total. The molecule has 0 fully saturated rings. The van der Waals surface area contributed by atoms with Gasteiger partial charge in [-0.25, -0.2) is 0 Å². The van der Waals surface area contributed by atoms with Gasteiger partial charge in [0.05, 0.1) is 5.92 Å². The molecule has 92 valence electrons. The second kappa shape index (κ2) is 7.67. The Balaban J connectivity index is 3.77. The molecule has 1 N–H and O–H groups in total. The summed E-state index contributed by atoms with van der Waals surface area (Å²) in [5.41, 5.74) is 0. The van der Waals surface area contributed by atoms with Crippen LogP contribution >= 0.6 is 0 Å². The van der Waals surface area contributed by atoms with Crippen molar-refractivity contribution in [1.29, 1.82) is 0 Å². The third kappa shape index (κ3) is 6.00. The topological polar surface area (TPSA) is 89.9 Å². The van der Waals surface area contributed by atoms with Crippen LogP contribution in [0.1, 0.15) is 33.1 Å². The zero-order chi connectivity index (χ0) is 12.6. The number of carboxylic acid groups (broad SMARTS) is 1. The van der Waals surface area contributed by atoms with E-state index in [2.05, 4.69) is 9.47 Å². The lowest BCUT2D eigenvalue weighted by Gasteiger charge is -2.11. The first-order valence-electron chi connectivity index (χ1n) is 5.05. The summed E-state index contributed by atoms with van der Waals surface area (Å²) in [4.78, 5) is 32.1. The molecule has 0 unspecified atom stereocenters. The number of carbonyl (C=O) groups is 3. The summed E-state index contributed by atoms with van der Waals surface area (Å²) < 4.78 is 9.06. The van der Waals surface area contributed by atoms with E-state index in [0.29, 0.717) is 12.8 Å². The van der Waals surface area contributed by atoms with Crippen molar-refractivity contribution in [3.8, 4) is 0 Å². The molecule has 0 aliphatic rings. The molecule has 0 amide bonds. The Morgan fingerprint density at radius 1 is 1.12 bits per heavy atom. The van der Waals surface area contributed by atoms with E-state index in [1.54, 1.807) is 0 Å². The fourth-order valence-corrected chi connectivity index (χ4v) is 1.07. The van der Waals surface area contributed by atoms with Crippen molar-refractivity contribution in [3.05, 3.63) is 0 Å². The minimum absolute atomic E-state index is 0.210. The van der Waals surface area contributed by atoms with Gasteiger partial charge in [0.15, 0.2) is 0 Å². The summed E-state index contributed by atoms with van der Waals surface area (Å²) >= 11 is 0. The summed E-state index contributed by atoms with van der Waals surface area (Å²) in [5, 5.41) is 8.25. The van der Waals surface area contributed by atoms with E-state index in [4.69, 9.17) is 5.11 Å². The summed E-state index contributed by atoms with van der Waals surface area (Å²) in [6.07, 6.45) is 0.569. The van der Waals surface area contributed by atoms with Gasteiger partial charge in [-0.3, -0.25) is 14.4 Å². The van der Waals surface area contributed by atoms with Gasteiger partial charge in [0.1, 0.15) is 6.42 Å². The molecule has 0 aliphatic carbocycles. The maximum absolute atomic E-state index is 11.3. The van der Waals surface area contributed by atoms with Gasteiger partial charge in [0, 0.05) is 0 Å². The van der Waals surface area contributed by atoms with Crippen molar-refractivity contribution in [1.82, 2.24) is 0 Å². The predicted octanol–water partition coefficient (Wildman–Crippen LogP) is 0.941. The van der Waals surface area contributed by atoms with Gasteiger partial charge in [0.25, 0.3) is 0 Å². The minimum atomic E-state index is -1.28. The van der Waals surface area contributed by atoms with E-state index in [-0.39, 0.29) is 5.92 Å². The highest BCUT2D eigenvalue weighted by molar-refractivity contribution is 5.90. The molecule has 0 aliphatic heterocycles. The van der Waals surface area contributed by atoms with E-state index in [1.165, 1.54) is 0 Å². The molecular weight excluding hydrogens is 216 g/mol. The molecule has 6 heteroatoms. The van der Waals surface area contributed by atoms with Crippen LogP contribution in [0.5, 0.6) is 0 Å². The van der Waals surface area contributed by atoms with Gasteiger partial charge in [-0.1, -0.05) is 13.8 Å². The number of carbonyl (C=O) groups excluding carboxylic acids is 2. The number of ether oxygens (including phenoxy) is 2. The van der Waals surface area contributed by atoms with Crippen molar-refractivity contribution in [3.63, 3.8) is 0 Å². The highest BCUT2D eigenvalue weighted by atomic mass is 16.7. The van der Waals surface area contributed by atoms with Gasteiger partial charge in [0.2, 0.25) is 6.79 Å². The molecule has 0 saturated carbocycles. The van der Waals surface area contributed by atoms with Crippen LogP contribution in [0.2, 0.25) is 0 Å². The third-order valence-corrected chi connectivity index (χ3v) is 2.04. The Bertz CT molecular complexity index is 256. The SMILES string of the molecule is CCC(CC)C(=O)OCOC(=O)CC(=O)O. The Hall–Kier alpha value is -1.59. The van der Waals surface area contributed by atoms with Gasteiger partial charge >= 0.3 is 17.9 Å². The molecule has 0 bridgehead atoms. The smallest absolute Gasteiger partial charge is 0.320 e. The quantitative estimate of drug-likeness (QED) is 0.399. The van der Waals surface area contributed by atoms with Gasteiger partial charge in [-0.05, 0) is 12.8 Å². The lowest BCUT2D eigenvalue weighted by molar-refractivity contribution is -0.171. The highest BCUT2D eigenvalue weighted by Crippen LogP contribution is 2.09. The molecule has 0 saturated heterocycles. The molecular formula is C10H16O6. The van der Waals surface area contributed by atoms with E-state index < -0.39 is 31.1 Å². The first kappa shape index (κ1) is 14.4. The van der Waals surface area contributed by atoms with Crippen LogP contribution in [-0.4, -0.2) is 29.8 Å². The Morgan fingerprint density at radius 2 is 1.69 bits per heavy atom. The van der Waals surface area contributed by atoms with Gasteiger partial charge in [-0.2, -0.15) is 0 Å². The molecule has 0 heterocycles. The van der Waals surface area contributed by atoms with Crippen LogP contribution in [0.4, 0.5) is 0 Å². The molecule has 0 atom stereocenters. The summed E-state index contributed by atoms with van der Waals surface area (Å²) in [6.45, 7) is 3.18. The first-order chi connectivity index (χ1) is 7.51. The van der Waals surface area contributed by atoms with Crippen molar-refractivity contribution in [2.75, 3.05) is 6.79 Å². The van der Waals surface area contributed by atoms with Crippen molar-refractivity contribution in [2.24, 2.45) is 5.92 Å². The zero-order valence-corrected chi connectivity index (χ0v) is 9.39. The average Bonchev–Trinajstić information content (AvgIpc) is 2.18. The van der Waals surface area contributed by atoms with Crippen LogP contribution in [-0.2, 0) is 23.9 Å². The lowest BCUT2D eigenvalue weighted by Crippen LogP contribution is -2.20. The van der Waals surface area contributed by atoms with Crippen molar-refractivity contribution >= 4 is 17.9 Å². The fraction of sp³-hybridized carbons (Fsp3) is 0.700. The van der Waals surface area contributed by atoms with E-state index in [9.17, 15) is 14.4 Å². The maximum atomic E-state index is 11.3. The van der Waals surface area contributed by atoms with Crippen LogP contribution < -0.4 is 0 Å². The number of hydrogen-bond acceptors (Lipinski definition) is 5. The van der Waals surface area contributed by atoms with E-state index >= 15 is 0 Å². The Kier molecular flexibility index (Phi) is 6.91. The molecule has 0 aromatic heterocycles. The first-order valence-corrected chi connectivity index (χ1v) is 5.05. The monoisotopic (exact) mass is 232 g/mol. The molecule has 0 aromatic carbocycles. The second-order valence-electron chi connectivity index (χ2n) is 3.18. The van der Waals surface area contributed by atoms with E-state index in [0.717, 1.165) is 0 Å². The predicted molar refractivity (Wildman–Crippen MR) is 53.4 cm³/mol. The van der Waals surface area contributed by atoms with Crippen molar-refractivity contribution in [2.45, 2.75) is 33.1 Å². The Labute approximate surface area is 93.5 Å². The van der Waals surface area contributed by atoms with Gasteiger partial charge < -0.3 is 14.6 Å². The normalized spacial score (nSPS) is 9.94. The number of carboxylic acids is 1. The molecule has 16 heavy (non-hydrogen) atoms. The average molecular weight is 232 g/mol. The number of aliphatic carboxylic acids is 1. The minimum Gasteiger partial charge on any atom is -0.481 e. The fourth-order valence-electron chi connectivity index (χ4n) is 1.07. The standard InChI is InChI=1S/C10H16O6/c1-3-7(4-2)10(14)16-6-15-9(13)5-8(11)12/h7H,3-6H2,1-2H3,(H,11,12). The van der Waals surface area contributed by atoms with Gasteiger partial charge in [-0.15, -0.1) is 0 Å². The van der Waals surface area contributed by atoms with Crippen LogP contribution in [0.25, 0.3) is 0 Å². The van der Waals surface area contributed by atoms with Crippen LogP contribution in [0.3, 0.4) is 0 Å². The van der Waals surface area contributed by atoms with Crippen molar-refractivity contribution < 1.29 is 29.0 Å². The van der Waals surface area contributed by atoms with E-state index in [1.807, 2.05) is 13.8 Å². The summed E-state index contributed by atoms with van der Waals surface area (Å²) in [6, 6.07) is 0. The highest BCUT2D eigenvalue weighted by Gasteiger charge is 2.16. The zero-order valence-electron chi connectivity index (χ0n) is 9.39. The molecule has 0 spiro atoms. The summed E-state index contributed by atoms with van der Waals surface area (Å²) in [7, 11) is 0. The third-order valence-electron chi connectivity index (χ3n) is 2.04. The molecule has 0 rings (SSSR count). The molecule has 0 aromatic rings. The van der Waals surface area contributed by atoms with Crippen LogP contribution in [0, 0.1) is 5.92 Å². The number of hydrogen-bond donors (Lipinski definition) is 1. The summed E-state index contributed by atoms with van der Waals surface area (Å²) in [5.74, 6) is -2.85. The second-order valence-corrected chi connectivity index (χ2v) is 3.18. The lowest BCUT2D eigenvalue weighted by atomic mass is 10.0. The number of esters is 2. The molecule has 0 radical (unpaired) electrons. The maximum Gasteiger partial charge on any atom is 0.320 e. The number of rotatable bonds is 7. The Morgan fingerprint density at radius 3 is 2.12 bits per heavy atom. The largest absolute Gasteiger partial charge is 0.481 e.